The zero-order valence-electron chi connectivity index (χ0n) is 17.0. The molecule has 9 atom stereocenters. The van der Waals surface area contributed by atoms with Gasteiger partial charge in [0.05, 0.1) is 24.7 Å². The van der Waals surface area contributed by atoms with Gasteiger partial charge in [0.15, 0.2) is 5.78 Å². The molecule has 2 saturated heterocycles. The summed E-state index contributed by atoms with van der Waals surface area (Å²) in [5, 5.41) is 34.2. The van der Waals surface area contributed by atoms with Gasteiger partial charge in [-0.25, -0.2) is 0 Å². The van der Waals surface area contributed by atoms with Crippen molar-refractivity contribution in [3.63, 3.8) is 0 Å². The molecule has 6 rings (SSSR count). The molecule has 2 aliphatic heterocycles. The van der Waals surface area contributed by atoms with Gasteiger partial charge >= 0.3 is 5.97 Å². The molecule has 29 heavy (non-hydrogen) atoms. The van der Waals surface area contributed by atoms with Crippen LogP contribution in [0.5, 0.6) is 0 Å². The highest BCUT2D eigenvalue weighted by atomic mass is 16.6. The summed E-state index contributed by atoms with van der Waals surface area (Å²) in [5.41, 5.74) is -2.15. The Morgan fingerprint density at radius 3 is 2.72 bits per heavy atom. The SMILES string of the molecule is C=C1C(=O)[C@]23C[C@H]1CC[C@H]2[C@]12CC[C@H](O)[C@@](C)(COC(C)=O)[C@H]1[C@H](O)[C@]3(O)OC2. The Morgan fingerprint density at radius 1 is 1.31 bits per heavy atom. The number of hydrogen-bond acceptors (Lipinski definition) is 7. The first-order valence-electron chi connectivity index (χ1n) is 10.6. The van der Waals surface area contributed by atoms with Crippen LogP contribution >= 0.6 is 0 Å². The summed E-state index contributed by atoms with van der Waals surface area (Å²) in [4.78, 5) is 24.9. The lowest BCUT2D eigenvalue weighted by Gasteiger charge is -2.73. The Balaban J connectivity index is 1.67. The third kappa shape index (κ3) is 1.98. The number of fused-ring (bicyclic) bond motifs is 2. The average molecular weight is 406 g/mol. The van der Waals surface area contributed by atoms with Crippen molar-refractivity contribution in [3.05, 3.63) is 12.2 Å². The minimum Gasteiger partial charge on any atom is -0.465 e. The quantitative estimate of drug-likeness (QED) is 0.462. The van der Waals surface area contributed by atoms with Crippen LogP contribution < -0.4 is 0 Å². The Hall–Kier alpha value is -1.28. The fourth-order valence-electron chi connectivity index (χ4n) is 8.08. The van der Waals surface area contributed by atoms with E-state index in [4.69, 9.17) is 9.47 Å². The number of carbonyl (C=O) groups excluding carboxylic acids is 2. The van der Waals surface area contributed by atoms with Crippen molar-refractivity contribution in [3.8, 4) is 0 Å². The molecule has 0 unspecified atom stereocenters. The van der Waals surface area contributed by atoms with E-state index >= 15 is 0 Å². The summed E-state index contributed by atoms with van der Waals surface area (Å²) in [5.74, 6) is -3.33. The standard InChI is InChI=1S/C22H30O7/c1-11-13-4-5-14-20-7-6-15(24)19(3,9-28-12(2)23)16(20)18(26)22(27,29-10-20)21(14,8-13)17(11)25/h13-16,18,24,26-27H,1,4-10H2,2-3H3/t13-,14+,15+,16-,18+,19-,20-,21+,22+/m1/s1. The van der Waals surface area contributed by atoms with Crippen molar-refractivity contribution >= 4 is 11.8 Å². The molecule has 4 aliphatic carbocycles. The molecule has 7 heteroatoms. The number of ether oxygens (including phenoxy) is 2. The van der Waals surface area contributed by atoms with E-state index in [9.17, 15) is 24.9 Å². The molecule has 2 spiro atoms. The molecule has 6 aliphatic rings. The van der Waals surface area contributed by atoms with Crippen LogP contribution in [0.2, 0.25) is 0 Å². The zero-order chi connectivity index (χ0) is 21.0. The number of esters is 1. The normalized spacial score (nSPS) is 55.4. The van der Waals surface area contributed by atoms with E-state index in [1.165, 1.54) is 6.92 Å². The van der Waals surface area contributed by atoms with Gasteiger partial charge in [-0.3, -0.25) is 9.59 Å². The summed E-state index contributed by atoms with van der Waals surface area (Å²) in [6.45, 7) is 7.30. The van der Waals surface area contributed by atoms with Gasteiger partial charge in [0.1, 0.15) is 6.10 Å². The highest BCUT2D eigenvalue weighted by Gasteiger charge is 2.83. The van der Waals surface area contributed by atoms with Gasteiger partial charge in [0.25, 0.3) is 0 Å². The maximum absolute atomic E-state index is 13.4. The number of carbonyl (C=O) groups is 2. The van der Waals surface area contributed by atoms with E-state index in [-0.39, 0.29) is 30.8 Å². The van der Waals surface area contributed by atoms with Crippen LogP contribution in [-0.2, 0) is 19.1 Å². The van der Waals surface area contributed by atoms with Crippen molar-refractivity contribution < 1.29 is 34.4 Å². The fraction of sp³-hybridized carbons (Fsp3) is 0.818. The van der Waals surface area contributed by atoms with E-state index in [1.54, 1.807) is 0 Å². The van der Waals surface area contributed by atoms with Crippen LogP contribution in [0.4, 0.5) is 0 Å². The van der Waals surface area contributed by atoms with E-state index in [0.29, 0.717) is 24.8 Å². The maximum atomic E-state index is 13.4. The van der Waals surface area contributed by atoms with Gasteiger partial charge in [-0.15, -0.1) is 0 Å². The molecule has 0 aromatic carbocycles. The van der Waals surface area contributed by atoms with Crippen LogP contribution in [0, 0.1) is 34.0 Å². The predicted octanol–water partition coefficient (Wildman–Crippen LogP) is 0.948. The van der Waals surface area contributed by atoms with Crippen LogP contribution in [0.15, 0.2) is 12.2 Å². The lowest BCUT2D eigenvalue weighted by molar-refractivity contribution is -0.444. The summed E-state index contributed by atoms with van der Waals surface area (Å²) < 4.78 is 11.3. The molecular formula is C22H30O7. The monoisotopic (exact) mass is 406 g/mol. The molecule has 7 nitrogen and oxygen atoms in total. The molecule has 0 aromatic heterocycles. The predicted molar refractivity (Wildman–Crippen MR) is 100 cm³/mol. The lowest BCUT2D eigenvalue weighted by Crippen LogP contribution is -2.82. The fourth-order valence-corrected chi connectivity index (χ4v) is 8.08. The summed E-state index contributed by atoms with van der Waals surface area (Å²) in [6, 6.07) is 0. The summed E-state index contributed by atoms with van der Waals surface area (Å²) >= 11 is 0. The first kappa shape index (κ1) is 19.7. The van der Waals surface area contributed by atoms with Crippen LogP contribution in [0.25, 0.3) is 0 Å². The van der Waals surface area contributed by atoms with E-state index < -0.39 is 46.1 Å². The third-order valence-corrected chi connectivity index (χ3v) is 9.33. The molecule has 4 bridgehead atoms. The second kappa shape index (κ2) is 5.69. The number of rotatable bonds is 2. The number of allylic oxidation sites excluding steroid dienone is 1. The Morgan fingerprint density at radius 2 is 2.03 bits per heavy atom. The van der Waals surface area contributed by atoms with Crippen molar-refractivity contribution in [2.75, 3.05) is 13.2 Å². The third-order valence-electron chi connectivity index (χ3n) is 9.33. The largest absolute Gasteiger partial charge is 0.465 e. The second-order valence-corrected chi connectivity index (χ2v) is 10.3. The Bertz CT molecular complexity index is 805. The van der Waals surface area contributed by atoms with Gasteiger partial charge in [-0.05, 0) is 49.5 Å². The zero-order valence-corrected chi connectivity index (χ0v) is 17.0. The van der Waals surface area contributed by atoms with Gasteiger partial charge < -0.3 is 24.8 Å². The van der Waals surface area contributed by atoms with Gasteiger partial charge in [0, 0.05) is 23.7 Å². The van der Waals surface area contributed by atoms with Gasteiger partial charge in [-0.2, -0.15) is 0 Å². The first-order chi connectivity index (χ1) is 13.5. The van der Waals surface area contributed by atoms with Crippen LogP contribution in [0.1, 0.15) is 46.0 Å². The molecule has 6 fully saturated rings. The highest BCUT2D eigenvalue weighted by molar-refractivity contribution is 6.04. The van der Waals surface area contributed by atoms with E-state index in [0.717, 1.165) is 12.8 Å². The van der Waals surface area contributed by atoms with Crippen molar-refractivity contribution in [1.82, 2.24) is 0 Å². The molecule has 4 saturated carbocycles. The first-order valence-corrected chi connectivity index (χ1v) is 10.6. The van der Waals surface area contributed by atoms with Gasteiger partial charge in [-0.1, -0.05) is 13.5 Å². The summed E-state index contributed by atoms with van der Waals surface area (Å²) in [6.07, 6.45) is 0.950. The molecule has 0 amide bonds. The number of aliphatic hydroxyl groups is 3. The topological polar surface area (TPSA) is 113 Å². The number of Topliss-reactive ketones (excluding diaryl/α,β-unsaturated/α-hetero) is 1. The molecule has 2 heterocycles. The maximum Gasteiger partial charge on any atom is 0.302 e. The lowest BCUT2D eigenvalue weighted by atomic mass is 9.36. The molecule has 160 valence electrons. The number of aliphatic hydroxyl groups excluding tert-OH is 2. The second-order valence-electron chi connectivity index (χ2n) is 10.3. The van der Waals surface area contributed by atoms with Crippen molar-refractivity contribution in [1.29, 1.82) is 0 Å². The highest BCUT2D eigenvalue weighted by Crippen LogP contribution is 2.76. The minimum absolute atomic E-state index is 0.0226. The van der Waals surface area contributed by atoms with E-state index in [2.05, 4.69) is 6.58 Å². The van der Waals surface area contributed by atoms with Gasteiger partial charge in [0.2, 0.25) is 5.79 Å². The number of ketones is 1. The minimum atomic E-state index is -2.02. The van der Waals surface area contributed by atoms with Crippen molar-refractivity contribution in [2.24, 2.45) is 34.0 Å². The Kier molecular flexibility index (Phi) is 3.86. The summed E-state index contributed by atoms with van der Waals surface area (Å²) in [7, 11) is 0. The smallest absolute Gasteiger partial charge is 0.302 e. The van der Waals surface area contributed by atoms with Crippen molar-refractivity contribution in [2.45, 2.75) is 63.9 Å². The van der Waals surface area contributed by atoms with Crippen LogP contribution in [-0.4, -0.2) is 58.3 Å². The molecular weight excluding hydrogens is 376 g/mol. The molecule has 3 N–H and O–H groups in total. The Labute approximate surface area is 170 Å². The average Bonchev–Trinajstić information content (AvgIpc) is 2.87. The van der Waals surface area contributed by atoms with E-state index in [1.807, 2.05) is 6.92 Å². The molecule has 0 radical (unpaired) electrons. The molecule has 0 aromatic rings. The number of hydrogen-bond donors (Lipinski definition) is 3. The van der Waals surface area contributed by atoms with Crippen LogP contribution in [0.3, 0.4) is 0 Å².